The molecule has 0 atom stereocenters. The van der Waals surface area contributed by atoms with E-state index < -0.39 is 0 Å². The lowest BCUT2D eigenvalue weighted by atomic mass is 10.1. The van der Waals surface area contributed by atoms with Gasteiger partial charge in [-0.15, -0.1) is 11.3 Å². The zero-order chi connectivity index (χ0) is 14.5. The molecule has 1 aliphatic rings. The minimum Gasteiger partial charge on any atom is -0.338 e. The van der Waals surface area contributed by atoms with Crippen molar-refractivity contribution in [1.82, 2.24) is 10.2 Å². The number of fused-ring (bicyclic) bond motifs is 1. The fraction of sp³-hybridized carbons (Fsp3) is 0.471. The van der Waals surface area contributed by atoms with Crippen molar-refractivity contribution in [2.75, 3.05) is 19.6 Å². The quantitative estimate of drug-likeness (QED) is 0.912. The van der Waals surface area contributed by atoms with Crippen LogP contribution in [0.25, 0.3) is 10.1 Å². The van der Waals surface area contributed by atoms with Gasteiger partial charge in [-0.2, -0.15) is 0 Å². The molecule has 2 aromatic rings. The van der Waals surface area contributed by atoms with Crippen molar-refractivity contribution in [1.29, 1.82) is 0 Å². The molecule has 4 heteroatoms. The highest BCUT2D eigenvalue weighted by Crippen LogP contribution is 2.25. The lowest BCUT2D eigenvalue weighted by Gasteiger charge is -2.20. The Morgan fingerprint density at radius 3 is 2.71 bits per heavy atom. The SMILES string of the molecule is O=C(NCCc1csc2ccccc12)N1CCCCCC1. The minimum atomic E-state index is 0.108. The van der Waals surface area contributed by atoms with E-state index >= 15 is 0 Å². The lowest BCUT2D eigenvalue weighted by Crippen LogP contribution is -2.41. The average molecular weight is 302 g/mol. The van der Waals surface area contributed by atoms with E-state index in [2.05, 4.69) is 35.0 Å². The van der Waals surface area contributed by atoms with Crippen molar-refractivity contribution in [2.24, 2.45) is 0 Å². The average Bonchev–Trinajstić information content (AvgIpc) is 2.74. The first-order valence-electron chi connectivity index (χ1n) is 7.82. The molecule has 3 nitrogen and oxygen atoms in total. The van der Waals surface area contributed by atoms with Crippen molar-refractivity contribution >= 4 is 27.5 Å². The molecule has 1 aromatic heterocycles. The molecule has 0 radical (unpaired) electrons. The Labute approximate surface area is 130 Å². The number of hydrogen-bond acceptors (Lipinski definition) is 2. The molecule has 1 saturated heterocycles. The van der Waals surface area contributed by atoms with E-state index in [-0.39, 0.29) is 6.03 Å². The third kappa shape index (κ3) is 3.56. The Balaban J connectivity index is 1.52. The van der Waals surface area contributed by atoms with Crippen LogP contribution in [0.5, 0.6) is 0 Å². The second-order valence-corrected chi connectivity index (χ2v) is 6.55. The van der Waals surface area contributed by atoms with Gasteiger partial charge in [0.1, 0.15) is 0 Å². The Bertz CT molecular complexity index is 600. The summed E-state index contributed by atoms with van der Waals surface area (Å²) in [6, 6.07) is 8.58. The van der Waals surface area contributed by atoms with Crippen LogP contribution in [0.2, 0.25) is 0 Å². The first-order chi connectivity index (χ1) is 10.3. The van der Waals surface area contributed by atoms with Crippen LogP contribution >= 0.6 is 11.3 Å². The number of benzene rings is 1. The summed E-state index contributed by atoms with van der Waals surface area (Å²) in [7, 11) is 0. The number of carbonyl (C=O) groups excluding carboxylic acids is 1. The summed E-state index contributed by atoms with van der Waals surface area (Å²) in [6.07, 6.45) is 5.70. The molecule has 0 aliphatic carbocycles. The molecule has 0 saturated carbocycles. The predicted octanol–water partition coefficient (Wildman–Crippen LogP) is 4.03. The van der Waals surface area contributed by atoms with E-state index in [1.807, 2.05) is 4.90 Å². The zero-order valence-electron chi connectivity index (χ0n) is 12.3. The summed E-state index contributed by atoms with van der Waals surface area (Å²) in [6.45, 7) is 2.54. The van der Waals surface area contributed by atoms with Crippen LogP contribution < -0.4 is 5.32 Å². The summed E-state index contributed by atoms with van der Waals surface area (Å²) in [4.78, 5) is 14.1. The molecule has 2 heterocycles. The van der Waals surface area contributed by atoms with E-state index in [4.69, 9.17) is 0 Å². The summed E-state index contributed by atoms with van der Waals surface area (Å²) in [5.41, 5.74) is 1.34. The van der Waals surface area contributed by atoms with Gasteiger partial charge in [0.25, 0.3) is 0 Å². The van der Waals surface area contributed by atoms with Gasteiger partial charge in [-0.25, -0.2) is 4.79 Å². The van der Waals surface area contributed by atoms with Crippen LogP contribution in [0, 0.1) is 0 Å². The summed E-state index contributed by atoms with van der Waals surface area (Å²) >= 11 is 1.78. The number of amides is 2. The first-order valence-corrected chi connectivity index (χ1v) is 8.70. The van der Waals surface area contributed by atoms with Crippen LogP contribution in [0.4, 0.5) is 4.79 Å². The smallest absolute Gasteiger partial charge is 0.317 e. The zero-order valence-corrected chi connectivity index (χ0v) is 13.1. The number of rotatable bonds is 3. The van der Waals surface area contributed by atoms with Gasteiger partial charge in [0, 0.05) is 24.3 Å². The van der Waals surface area contributed by atoms with Gasteiger partial charge >= 0.3 is 6.03 Å². The van der Waals surface area contributed by atoms with E-state index in [0.29, 0.717) is 0 Å². The molecule has 1 N–H and O–H groups in total. The molecular weight excluding hydrogens is 280 g/mol. The summed E-state index contributed by atoms with van der Waals surface area (Å²) in [5, 5.41) is 6.61. The maximum absolute atomic E-state index is 12.2. The van der Waals surface area contributed by atoms with E-state index in [9.17, 15) is 4.79 Å². The van der Waals surface area contributed by atoms with E-state index in [1.165, 1.54) is 28.5 Å². The second-order valence-electron chi connectivity index (χ2n) is 5.64. The molecule has 0 unspecified atom stereocenters. The van der Waals surface area contributed by atoms with Gasteiger partial charge < -0.3 is 10.2 Å². The number of nitrogens with zero attached hydrogens (tertiary/aromatic N) is 1. The van der Waals surface area contributed by atoms with Crippen LogP contribution in [-0.2, 0) is 6.42 Å². The van der Waals surface area contributed by atoms with E-state index in [1.54, 1.807) is 11.3 Å². The molecule has 1 fully saturated rings. The van der Waals surface area contributed by atoms with Crippen molar-refractivity contribution < 1.29 is 4.79 Å². The summed E-state index contributed by atoms with van der Waals surface area (Å²) < 4.78 is 1.33. The number of likely N-dealkylation sites (tertiary alicyclic amines) is 1. The van der Waals surface area contributed by atoms with Gasteiger partial charge in [-0.3, -0.25) is 0 Å². The molecule has 1 aliphatic heterocycles. The Morgan fingerprint density at radius 1 is 1.14 bits per heavy atom. The molecule has 0 bridgehead atoms. The second kappa shape index (κ2) is 6.94. The first kappa shape index (κ1) is 14.4. The van der Waals surface area contributed by atoms with Gasteiger partial charge in [-0.1, -0.05) is 31.0 Å². The lowest BCUT2D eigenvalue weighted by molar-refractivity contribution is 0.200. The fourth-order valence-electron chi connectivity index (χ4n) is 2.92. The maximum Gasteiger partial charge on any atom is 0.317 e. The Kier molecular flexibility index (Phi) is 4.76. The number of hydrogen-bond donors (Lipinski definition) is 1. The fourth-order valence-corrected chi connectivity index (χ4v) is 3.91. The van der Waals surface area contributed by atoms with Crippen LogP contribution in [-0.4, -0.2) is 30.6 Å². The van der Waals surface area contributed by atoms with Crippen molar-refractivity contribution in [3.63, 3.8) is 0 Å². The molecule has 1 aromatic carbocycles. The minimum absolute atomic E-state index is 0.108. The summed E-state index contributed by atoms with van der Waals surface area (Å²) in [5.74, 6) is 0. The highest BCUT2D eigenvalue weighted by atomic mass is 32.1. The van der Waals surface area contributed by atoms with Crippen LogP contribution in [0.3, 0.4) is 0 Å². The monoisotopic (exact) mass is 302 g/mol. The largest absolute Gasteiger partial charge is 0.338 e. The molecule has 2 amide bonds. The maximum atomic E-state index is 12.2. The molecular formula is C17H22N2OS. The molecule has 0 spiro atoms. The molecule has 112 valence electrons. The predicted molar refractivity (Wildman–Crippen MR) is 89.0 cm³/mol. The van der Waals surface area contributed by atoms with Crippen LogP contribution in [0.1, 0.15) is 31.2 Å². The standard InChI is InChI=1S/C17H22N2OS/c20-17(19-11-5-1-2-6-12-19)18-10-9-14-13-21-16-8-4-3-7-15(14)16/h3-4,7-8,13H,1-2,5-6,9-12H2,(H,18,20). The van der Waals surface area contributed by atoms with Crippen molar-refractivity contribution in [3.8, 4) is 0 Å². The third-order valence-electron chi connectivity index (χ3n) is 4.13. The molecule has 3 rings (SSSR count). The highest BCUT2D eigenvalue weighted by Gasteiger charge is 2.14. The van der Waals surface area contributed by atoms with Crippen molar-refractivity contribution in [3.05, 3.63) is 35.2 Å². The van der Waals surface area contributed by atoms with Gasteiger partial charge in [0.2, 0.25) is 0 Å². The Hall–Kier alpha value is -1.55. The van der Waals surface area contributed by atoms with Crippen molar-refractivity contribution in [2.45, 2.75) is 32.1 Å². The topological polar surface area (TPSA) is 32.3 Å². The van der Waals surface area contributed by atoms with Crippen LogP contribution in [0.15, 0.2) is 29.6 Å². The normalized spacial score (nSPS) is 15.9. The number of carbonyl (C=O) groups is 1. The van der Waals surface area contributed by atoms with E-state index in [0.717, 1.165) is 38.9 Å². The van der Waals surface area contributed by atoms with Gasteiger partial charge in [-0.05, 0) is 41.7 Å². The molecule has 21 heavy (non-hydrogen) atoms. The highest BCUT2D eigenvalue weighted by molar-refractivity contribution is 7.17. The van der Waals surface area contributed by atoms with Gasteiger partial charge in [0.15, 0.2) is 0 Å². The Morgan fingerprint density at radius 2 is 1.90 bits per heavy atom. The van der Waals surface area contributed by atoms with Gasteiger partial charge in [0.05, 0.1) is 0 Å². The number of thiophene rings is 1. The number of urea groups is 1. The third-order valence-corrected chi connectivity index (χ3v) is 5.14. The number of nitrogens with one attached hydrogen (secondary N) is 1.